The minimum absolute atomic E-state index is 0.00284. The first-order chi connectivity index (χ1) is 13.7. The molecule has 0 aliphatic rings. The van der Waals surface area contributed by atoms with Crippen molar-refractivity contribution in [1.82, 2.24) is 0 Å². The second kappa shape index (κ2) is 10.7. The van der Waals surface area contributed by atoms with Crippen molar-refractivity contribution in [3.05, 3.63) is 58.7 Å². The van der Waals surface area contributed by atoms with Gasteiger partial charge in [-0.3, -0.25) is 14.4 Å². The number of amides is 2. The number of carbonyl (C=O) groups is 3. The Kier molecular flexibility index (Phi) is 8.27. The number of carbonyl (C=O) groups excluding carboxylic acids is 3. The van der Waals surface area contributed by atoms with Crippen molar-refractivity contribution < 1.29 is 19.1 Å². The molecule has 2 amide bonds. The van der Waals surface area contributed by atoms with Crippen molar-refractivity contribution >= 4 is 40.9 Å². The van der Waals surface area contributed by atoms with Gasteiger partial charge < -0.3 is 15.4 Å². The van der Waals surface area contributed by atoms with Crippen LogP contribution in [0.3, 0.4) is 0 Å². The highest BCUT2D eigenvalue weighted by atomic mass is 32.2. The van der Waals surface area contributed by atoms with E-state index in [1.807, 2.05) is 64.1 Å². The fraction of sp³-hybridized carbons (Fsp3) is 0.318. The molecule has 0 bridgehead atoms. The van der Waals surface area contributed by atoms with Gasteiger partial charge in [0.2, 0.25) is 5.91 Å². The Balaban J connectivity index is 1.67. The molecule has 2 N–H and O–H groups in total. The van der Waals surface area contributed by atoms with Crippen LogP contribution in [-0.4, -0.2) is 35.9 Å². The number of benzene rings is 2. The Labute approximate surface area is 175 Å². The Morgan fingerprint density at radius 2 is 1.31 bits per heavy atom. The maximum atomic E-state index is 12.0. The topological polar surface area (TPSA) is 84.5 Å². The van der Waals surface area contributed by atoms with Gasteiger partial charge in [-0.2, -0.15) is 0 Å². The predicted molar refractivity (Wildman–Crippen MR) is 117 cm³/mol. The zero-order valence-corrected chi connectivity index (χ0v) is 17.9. The summed E-state index contributed by atoms with van der Waals surface area (Å²) in [6.07, 6.45) is 0. The first-order valence-electron chi connectivity index (χ1n) is 9.22. The molecule has 0 saturated heterocycles. The summed E-state index contributed by atoms with van der Waals surface area (Å²) in [4.78, 5) is 35.7. The number of esters is 1. The van der Waals surface area contributed by atoms with Gasteiger partial charge in [-0.1, -0.05) is 35.4 Å². The standard InChI is InChI=1S/C22H26N2O4S/c1-14-5-7-18(16(3)9-14)23-20(25)11-28-22(27)13-29-12-21(26)24-19-8-6-15(2)10-17(19)4/h5-10H,11-13H2,1-4H3,(H,23,25)(H,24,26). The van der Waals surface area contributed by atoms with Crippen LogP contribution >= 0.6 is 11.8 Å². The fourth-order valence-corrected chi connectivity index (χ4v) is 3.30. The molecule has 0 atom stereocenters. The lowest BCUT2D eigenvalue weighted by molar-refractivity contribution is -0.144. The summed E-state index contributed by atoms with van der Waals surface area (Å²) in [5.74, 6) is -1.01. The second-order valence-corrected chi connectivity index (χ2v) is 7.87. The number of anilines is 2. The van der Waals surface area contributed by atoms with E-state index in [0.29, 0.717) is 5.69 Å². The van der Waals surface area contributed by atoms with Gasteiger partial charge in [-0.15, -0.1) is 11.8 Å². The van der Waals surface area contributed by atoms with E-state index in [0.717, 1.165) is 39.7 Å². The van der Waals surface area contributed by atoms with Gasteiger partial charge in [0.05, 0.1) is 11.5 Å². The van der Waals surface area contributed by atoms with E-state index in [2.05, 4.69) is 10.6 Å². The average molecular weight is 415 g/mol. The van der Waals surface area contributed by atoms with E-state index in [-0.39, 0.29) is 24.0 Å². The van der Waals surface area contributed by atoms with Crippen LogP contribution in [0.1, 0.15) is 22.3 Å². The zero-order chi connectivity index (χ0) is 21.4. The number of ether oxygens (including phenoxy) is 1. The first kappa shape index (κ1) is 22.5. The second-order valence-electron chi connectivity index (χ2n) is 6.89. The molecule has 0 aromatic heterocycles. The largest absolute Gasteiger partial charge is 0.455 e. The van der Waals surface area contributed by atoms with Crippen LogP contribution in [-0.2, 0) is 19.1 Å². The maximum absolute atomic E-state index is 12.0. The summed E-state index contributed by atoms with van der Waals surface area (Å²) >= 11 is 1.14. The molecule has 0 saturated carbocycles. The Bertz CT molecular complexity index is 912. The van der Waals surface area contributed by atoms with Crippen LogP contribution in [0.2, 0.25) is 0 Å². The van der Waals surface area contributed by atoms with Gasteiger partial charge in [-0.05, 0) is 51.0 Å². The molecular formula is C22H26N2O4S. The fourth-order valence-electron chi connectivity index (χ4n) is 2.70. The molecule has 0 fully saturated rings. The highest BCUT2D eigenvalue weighted by Gasteiger charge is 2.11. The van der Waals surface area contributed by atoms with Crippen molar-refractivity contribution in [2.75, 3.05) is 28.7 Å². The average Bonchev–Trinajstić information content (AvgIpc) is 2.65. The summed E-state index contributed by atoms with van der Waals surface area (Å²) in [5, 5.41) is 5.54. The number of nitrogens with one attached hydrogen (secondary N) is 2. The number of aryl methyl sites for hydroxylation is 4. The molecular weight excluding hydrogens is 388 g/mol. The molecule has 7 heteroatoms. The smallest absolute Gasteiger partial charge is 0.316 e. The summed E-state index contributed by atoms with van der Waals surface area (Å²) in [5.41, 5.74) is 5.60. The Morgan fingerprint density at radius 1 is 0.793 bits per heavy atom. The van der Waals surface area contributed by atoms with Gasteiger partial charge >= 0.3 is 5.97 Å². The molecule has 6 nitrogen and oxygen atoms in total. The van der Waals surface area contributed by atoms with E-state index in [1.54, 1.807) is 0 Å². The van der Waals surface area contributed by atoms with Crippen LogP contribution in [0.15, 0.2) is 36.4 Å². The van der Waals surface area contributed by atoms with Crippen LogP contribution in [0.25, 0.3) is 0 Å². The van der Waals surface area contributed by atoms with Crippen molar-refractivity contribution in [3.8, 4) is 0 Å². The molecule has 2 aromatic rings. The molecule has 2 aromatic carbocycles. The summed E-state index contributed by atoms with van der Waals surface area (Å²) < 4.78 is 4.97. The Morgan fingerprint density at radius 3 is 1.83 bits per heavy atom. The van der Waals surface area contributed by atoms with Crippen molar-refractivity contribution in [3.63, 3.8) is 0 Å². The lowest BCUT2D eigenvalue weighted by Gasteiger charge is -2.10. The van der Waals surface area contributed by atoms with E-state index < -0.39 is 11.9 Å². The summed E-state index contributed by atoms with van der Waals surface area (Å²) in [7, 11) is 0. The molecule has 0 unspecified atom stereocenters. The van der Waals surface area contributed by atoms with Crippen molar-refractivity contribution in [2.24, 2.45) is 0 Å². The van der Waals surface area contributed by atoms with Crippen molar-refractivity contribution in [2.45, 2.75) is 27.7 Å². The minimum atomic E-state index is -0.537. The van der Waals surface area contributed by atoms with E-state index in [9.17, 15) is 14.4 Å². The lowest BCUT2D eigenvalue weighted by Crippen LogP contribution is -2.22. The van der Waals surface area contributed by atoms with Crippen LogP contribution < -0.4 is 10.6 Å². The Hall–Kier alpha value is -2.80. The third-order valence-electron chi connectivity index (χ3n) is 4.13. The predicted octanol–water partition coefficient (Wildman–Crippen LogP) is 3.77. The zero-order valence-electron chi connectivity index (χ0n) is 17.1. The molecule has 2 rings (SSSR count). The van der Waals surface area contributed by atoms with Crippen LogP contribution in [0, 0.1) is 27.7 Å². The van der Waals surface area contributed by atoms with Crippen LogP contribution in [0.5, 0.6) is 0 Å². The number of hydrogen-bond acceptors (Lipinski definition) is 5. The highest BCUT2D eigenvalue weighted by Crippen LogP contribution is 2.17. The molecule has 0 heterocycles. The normalized spacial score (nSPS) is 10.3. The number of thioether (sulfide) groups is 1. The van der Waals surface area contributed by atoms with E-state index in [4.69, 9.17) is 4.74 Å². The quantitative estimate of drug-likeness (QED) is 0.642. The monoisotopic (exact) mass is 414 g/mol. The molecule has 0 spiro atoms. The molecule has 154 valence electrons. The maximum Gasteiger partial charge on any atom is 0.316 e. The van der Waals surface area contributed by atoms with Gasteiger partial charge in [0.25, 0.3) is 5.91 Å². The third kappa shape index (κ3) is 7.62. The molecule has 0 aliphatic carbocycles. The summed E-state index contributed by atoms with van der Waals surface area (Å²) in [6, 6.07) is 11.4. The van der Waals surface area contributed by atoms with E-state index >= 15 is 0 Å². The molecule has 0 aliphatic heterocycles. The molecule has 29 heavy (non-hydrogen) atoms. The van der Waals surface area contributed by atoms with Crippen molar-refractivity contribution in [1.29, 1.82) is 0 Å². The SMILES string of the molecule is Cc1ccc(NC(=O)COC(=O)CSCC(=O)Nc2ccc(C)cc2C)c(C)c1. The molecule has 0 radical (unpaired) electrons. The first-order valence-corrected chi connectivity index (χ1v) is 10.4. The minimum Gasteiger partial charge on any atom is -0.455 e. The number of hydrogen-bond donors (Lipinski definition) is 2. The van der Waals surface area contributed by atoms with Gasteiger partial charge in [0.15, 0.2) is 6.61 Å². The van der Waals surface area contributed by atoms with E-state index in [1.165, 1.54) is 0 Å². The van der Waals surface area contributed by atoms with Gasteiger partial charge in [0, 0.05) is 11.4 Å². The van der Waals surface area contributed by atoms with Gasteiger partial charge in [-0.25, -0.2) is 0 Å². The third-order valence-corrected chi connectivity index (χ3v) is 5.04. The van der Waals surface area contributed by atoms with Gasteiger partial charge in [0.1, 0.15) is 0 Å². The highest BCUT2D eigenvalue weighted by molar-refractivity contribution is 8.00. The van der Waals surface area contributed by atoms with Crippen LogP contribution in [0.4, 0.5) is 11.4 Å². The number of rotatable bonds is 8. The lowest BCUT2D eigenvalue weighted by atomic mass is 10.1. The summed E-state index contributed by atoms with van der Waals surface area (Å²) in [6.45, 7) is 7.43.